The van der Waals surface area contributed by atoms with Crippen molar-refractivity contribution in [2.24, 2.45) is 0 Å². The molecule has 5 nitrogen and oxygen atoms in total. The number of hydrogen-bond donors (Lipinski definition) is 2. The van der Waals surface area contributed by atoms with E-state index < -0.39 is 0 Å². The molecule has 1 saturated heterocycles. The summed E-state index contributed by atoms with van der Waals surface area (Å²) >= 11 is 0. The van der Waals surface area contributed by atoms with Gasteiger partial charge >= 0.3 is 0 Å². The molecule has 1 aromatic carbocycles. The average Bonchev–Trinajstić information content (AvgIpc) is 2.82. The quantitative estimate of drug-likeness (QED) is 0.782. The predicted molar refractivity (Wildman–Crippen MR) is 90.5 cm³/mol. The summed E-state index contributed by atoms with van der Waals surface area (Å²) in [5.74, 6) is -0.0600. The Balaban J connectivity index is 0.00000242. The minimum absolute atomic E-state index is 0. The first kappa shape index (κ1) is 18.5. The van der Waals surface area contributed by atoms with Crippen molar-refractivity contribution in [2.75, 3.05) is 25.0 Å². The number of benzene rings is 1. The fraction of sp³-hybridized carbons (Fsp3) is 0.500. The minimum Gasteiger partial charge on any atom is -0.344 e. The molecule has 6 heteroatoms. The van der Waals surface area contributed by atoms with Crippen molar-refractivity contribution in [1.82, 2.24) is 10.6 Å². The predicted octanol–water partition coefficient (Wildman–Crippen LogP) is 1.64. The molecule has 0 radical (unpaired) electrons. The molecule has 22 heavy (non-hydrogen) atoms. The molecule has 2 amide bonds. The van der Waals surface area contributed by atoms with Gasteiger partial charge in [0, 0.05) is 18.7 Å². The van der Waals surface area contributed by atoms with Crippen LogP contribution in [-0.4, -0.2) is 38.0 Å². The highest BCUT2D eigenvalue weighted by Gasteiger charge is 2.33. The Labute approximate surface area is 137 Å². The summed E-state index contributed by atoms with van der Waals surface area (Å²) in [4.78, 5) is 25.9. The van der Waals surface area contributed by atoms with Crippen LogP contribution in [0.4, 0.5) is 5.69 Å². The van der Waals surface area contributed by atoms with E-state index in [1.165, 1.54) is 5.56 Å². The molecule has 1 fully saturated rings. The molecule has 1 aliphatic heterocycles. The van der Waals surface area contributed by atoms with E-state index >= 15 is 0 Å². The van der Waals surface area contributed by atoms with Crippen LogP contribution < -0.4 is 15.5 Å². The Morgan fingerprint density at radius 3 is 2.64 bits per heavy atom. The molecule has 1 atom stereocenters. The van der Waals surface area contributed by atoms with Crippen LogP contribution in [0, 0.1) is 6.92 Å². The van der Waals surface area contributed by atoms with Crippen LogP contribution in [0.3, 0.4) is 0 Å². The monoisotopic (exact) mass is 325 g/mol. The number of aryl methyl sites for hydroxylation is 1. The van der Waals surface area contributed by atoms with Gasteiger partial charge in [-0.25, -0.2) is 0 Å². The van der Waals surface area contributed by atoms with Crippen molar-refractivity contribution < 1.29 is 9.59 Å². The maximum atomic E-state index is 12.4. The lowest BCUT2D eigenvalue weighted by Gasteiger charge is -2.17. The van der Waals surface area contributed by atoms with Crippen LogP contribution in [-0.2, 0) is 9.59 Å². The fourth-order valence-electron chi connectivity index (χ4n) is 2.49. The Morgan fingerprint density at radius 2 is 2.00 bits per heavy atom. The van der Waals surface area contributed by atoms with E-state index in [1.54, 1.807) is 4.90 Å². The van der Waals surface area contributed by atoms with E-state index in [4.69, 9.17) is 0 Å². The molecule has 1 heterocycles. The van der Waals surface area contributed by atoms with Crippen LogP contribution in [0.15, 0.2) is 24.3 Å². The maximum Gasteiger partial charge on any atom is 0.249 e. The number of carbonyl (C=O) groups excluding carboxylic acids is 2. The largest absolute Gasteiger partial charge is 0.344 e. The first-order valence-electron chi connectivity index (χ1n) is 7.44. The van der Waals surface area contributed by atoms with Crippen molar-refractivity contribution >= 4 is 29.9 Å². The van der Waals surface area contributed by atoms with Gasteiger partial charge in [0.15, 0.2) is 0 Å². The number of anilines is 1. The first-order valence-corrected chi connectivity index (χ1v) is 7.44. The molecule has 1 aliphatic rings. The van der Waals surface area contributed by atoms with Crippen molar-refractivity contribution in [2.45, 2.75) is 32.2 Å². The van der Waals surface area contributed by atoms with Gasteiger partial charge in [0.2, 0.25) is 11.8 Å². The smallest absolute Gasteiger partial charge is 0.249 e. The molecule has 1 aromatic rings. The molecule has 0 spiro atoms. The Hall–Kier alpha value is -1.59. The number of amides is 2. The highest BCUT2D eigenvalue weighted by Crippen LogP contribution is 2.22. The second-order valence-electron chi connectivity index (χ2n) is 5.44. The second-order valence-corrected chi connectivity index (χ2v) is 5.44. The summed E-state index contributed by atoms with van der Waals surface area (Å²) in [6, 6.07) is 7.50. The van der Waals surface area contributed by atoms with Crippen LogP contribution in [0.25, 0.3) is 0 Å². The fourth-order valence-corrected chi connectivity index (χ4v) is 2.49. The molecule has 0 bridgehead atoms. The van der Waals surface area contributed by atoms with Crippen LogP contribution in [0.5, 0.6) is 0 Å². The number of halogens is 1. The molecular weight excluding hydrogens is 302 g/mol. The van der Waals surface area contributed by atoms with Gasteiger partial charge in [-0.2, -0.15) is 0 Å². The van der Waals surface area contributed by atoms with Gasteiger partial charge in [0.05, 0.1) is 0 Å². The van der Waals surface area contributed by atoms with Crippen molar-refractivity contribution in [3.63, 3.8) is 0 Å². The number of nitrogens with zero attached hydrogens (tertiary/aromatic N) is 1. The summed E-state index contributed by atoms with van der Waals surface area (Å²) in [5, 5.41) is 5.84. The first-order chi connectivity index (χ1) is 10.1. The highest BCUT2D eigenvalue weighted by atomic mass is 35.5. The van der Waals surface area contributed by atoms with Crippen molar-refractivity contribution in [3.8, 4) is 0 Å². The van der Waals surface area contributed by atoms with Gasteiger partial charge in [-0.3, -0.25) is 9.59 Å². The van der Waals surface area contributed by atoms with Crippen molar-refractivity contribution in [3.05, 3.63) is 29.8 Å². The third-order valence-corrected chi connectivity index (χ3v) is 3.72. The minimum atomic E-state index is -0.381. The number of hydrogen-bond acceptors (Lipinski definition) is 3. The lowest BCUT2D eigenvalue weighted by molar-refractivity contribution is -0.126. The Bertz CT molecular complexity index is 505. The maximum absolute atomic E-state index is 12.4. The molecule has 2 N–H and O–H groups in total. The molecular formula is C16H24ClN3O2. The SMILES string of the molecule is CNCCCC(=O)NC1CCN(c2ccc(C)cc2)C1=O.Cl. The molecule has 0 saturated carbocycles. The molecule has 0 aromatic heterocycles. The standard InChI is InChI=1S/C16H23N3O2.ClH/c1-12-5-7-13(8-6-12)19-11-9-14(16(19)21)18-15(20)4-3-10-17-2;/h5-8,14,17H,3-4,9-11H2,1-2H3,(H,18,20);1H. The lowest BCUT2D eigenvalue weighted by atomic mass is 10.2. The van der Waals surface area contributed by atoms with E-state index in [-0.39, 0.29) is 30.3 Å². The third kappa shape index (κ3) is 4.71. The van der Waals surface area contributed by atoms with Gasteiger partial charge < -0.3 is 15.5 Å². The van der Waals surface area contributed by atoms with Gasteiger partial charge in [-0.1, -0.05) is 17.7 Å². The van der Waals surface area contributed by atoms with E-state index in [0.717, 1.165) is 18.7 Å². The normalized spacial score (nSPS) is 17.3. The summed E-state index contributed by atoms with van der Waals surface area (Å²) < 4.78 is 0. The average molecular weight is 326 g/mol. The van der Waals surface area contributed by atoms with Crippen molar-refractivity contribution in [1.29, 1.82) is 0 Å². The Morgan fingerprint density at radius 1 is 1.32 bits per heavy atom. The van der Waals surface area contributed by atoms with E-state index in [9.17, 15) is 9.59 Å². The van der Waals surface area contributed by atoms with Gasteiger partial charge in [-0.05, 0) is 45.5 Å². The Kier molecular flexibility index (Phi) is 7.35. The highest BCUT2D eigenvalue weighted by molar-refractivity contribution is 6.01. The summed E-state index contributed by atoms with van der Waals surface area (Å²) in [6.45, 7) is 3.48. The zero-order chi connectivity index (χ0) is 15.2. The summed E-state index contributed by atoms with van der Waals surface area (Å²) in [5.41, 5.74) is 2.07. The van der Waals surface area contributed by atoms with Crippen LogP contribution >= 0.6 is 12.4 Å². The summed E-state index contributed by atoms with van der Waals surface area (Å²) in [7, 11) is 1.86. The topological polar surface area (TPSA) is 61.4 Å². The van der Waals surface area contributed by atoms with E-state index in [2.05, 4.69) is 10.6 Å². The number of rotatable bonds is 6. The van der Waals surface area contributed by atoms with Gasteiger partial charge in [-0.15, -0.1) is 12.4 Å². The molecule has 1 unspecified atom stereocenters. The zero-order valence-corrected chi connectivity index (χ0v) is 13.9. The zero-order valence-electron chi connectivity index (χ0n) is 13.1. The molecule has 122 valence electrons. The number of nitrogens with one attached hydrogen (secondary N) is 2. The van der Waals surface area contributed by atoms with E-state index in [0.29, 0.717) is 19.4 Å². The van der Waals surface area contributed by atoms with E-state index in [1.807, 2.05) is 38.2 Å². The third-order valence-electron chi connectivity index (χ3n) is 3.72. The second kappa shape index (κ2) is 8.76. The van der Waals surface area contributed by atoms with Crippen LogP contribution in [0.2, 0.25) is 0 Å². The van der Waals surface area contributed by atoms with Crippen LogP contribution in [0.1, 0.15) is 24.8 Å². The molecule has 0 aliphatic carbocycles. The van der Waals surface area contributed by atoms with Gasteiger partial charge in [0.1, 0.15) is 6.04 Å². The molecule has 2 rings (SSSR count). The lowest BCUT2D eigenvalue weighted by Crippen LogP contribution is -2.41. The van der Waals surface area contributed by atoms with Gasteiger partial charge in [0.25, 0.3) is 0 Å². The number of carbonyl (C=O) groups is 2. The summed E-state index contributed by atoms with van der Waals surface area (Å²) in [6.07, 6.45) is 1.91.